The highest BCUT2D eigenvalue weighted by molar-refractivity contribution is 9.10. The summed E-state index contributed by atoms with van der Waals surface area (Å²) in [6.45, 7) is 7.15. The van der Waals surface area contributed by atoms with E-state index >= 15 is 0 Å². The maximum absolute atomic E-state index is 6.18. The normalized spacial score (nSPS) is 10.3. The molecular weight excluding hydrogens is 413 g/mol. The number of nitrogens with one attached hydrogen (secondary N) is 1. The number of rotatable bonds is 8. The lowest BCUT2D eigenvalue weighted by Gasteiger charge is -2.15. The van der Waals surface area contributed by atoms with Crippen LogP contribution in [-0.2, 0) is 6.54 Å². The van der Waals surface area contributed by atoms with Gasteiger partial charge in [-0.05, 0) is 58.7 Å². The number of hydrogen-bond donors (Lipinski definition) is 1. The highest BCUT2D eigenvalue weighted by Crippen LogP contribution is 2.37. The van der Waals surface area contributed by atoms with Crippen molar-refractivity contribution in [2.45, 2.75) is 13.5 Å². The molecule has 0 saturated carbocycles. The molecule has 0 amide bonds. The average molecular weight is 431 g/mol. The maximum Gasteiger partial charge on any atom is 0.175 e. The van der Waals surface area contributed by atoms with Crippen molar-refractivity contribution >= 4 is 44.8 Å². The summed E-state index contributed by atoms with van der Waals surface area (Å²) in [4.78, 5) is 0. The standard InChI is InChI=1S/C18H18BrCl2NO2/c1-3-7-24-18-14(19)8-12(9-17(18)23-4-2)11-22-16-6-5-13(20)10-15(16)21/h3,5-6,8-10,22H,1,4,7,11H2,2H3. The molecule has 0 spiro atoms. The van der Waals surface area contributed by atoms with E-state index in [-0.39, 0.29) is 0 Å². The third kappa shape index (κ3) is 5.07. The number of hydrogen-bond acceptors (Lipinski definition) is 3. The SMILES string of the molecule is C=CCOc1c(Br)cc(CNc2ccc(Cl)cc2Cl)cc1OCC. The Morgan fingerprint density at radius 3 is 2.67 bits per heavy atom. The lowest BCUT2D eigenvalue weighted by Crippen LogP contribution is -2.04. The van der Waals surface area contributed by atoms with Gasteiger partial charge in [0.05, 0.1) is 21.8 Å². The molecule has 0 aliphatic rings. The molecule has 0 aliphatic heterocycles. The number of benzene rings is 2. The van der Waals surface area contributed by atoms with Gasteiger partial charge in [-0.3, -0.25) is 0 Å². The summed E-state index contributed by atoms with van der Waals surface area (Å²) in [5.41, 5.74) is 1.85. The van der Waals surface area contributed by atoms with Gasteiger partial charge in [0.2, 0.25) is 0 Å². The van der Waals surface area contributed by atoms with Gasteiger partial charge in [-0.2, -0.15) is 0 Å². The molecule has 2 aromatic carbocycles. The van der Waals surface area contributed by atoms with Gasteiger partial charge in [0.1, 0.15) is 6.61 Å². The Morgan fingerprint density at radius 2 is 2.00 bits per heavy atom. The summed E-state index contributed by atoms with van der Waals surface area (Å²) in [7, 11) is 0. The molecule has 0 fully saturated rings. The smallest absolute Gasteiger partial charge is 0.175 e. The van der Waals surface area contributed by atoms with Crippen LogP contribution in [0.1, 0.15) is 12.5 Å². The second-order valence-electron chi connectivity index (χ2n) is 4.92. The van der Waals surface area contributed by atoms with Crippen molar-refractivity contribution in [3.8, 4) is 11.5 Å². The van der Waals surface area contributed by atoms with Gasteiger partial charge in [-0.25, -0.2) is 0 Å². The minimum atomic E-state index is 0.413. The van der Waals surface area contributed by atoms with E-state index in [0.717, 1.165) is 15.7 Å². The Labute approximate surface area is 160 Å². The van der Waals surface area contributed by atoms with Crippen LogP contribution >= 0.6 is 39.1 Å². The summed E-state index contributed by atoms with van der Waals surface area (Å²) < 4.78 is 12.2. The molecule has 0 aliphatic carbocycles. The predicted molar refractivity (Wildman–Crippen MR) is 105 cm³/mol. The molecule has 0 heterocycles. The van der Waals surface area contributed by atoms with Gasteiger partial charge < -0.3 is 14.8 Å². The Bertz CT molecular complexity index is 722. The predicted octanol–water partition coefficient (Wildman–Crippen LogP) is 6.33. The van der Waals surface area contributed by atoms with E-state index in [4.69, 9.17) is 32.7 Å². The van der Waals surface area contributed by atoms with Crippen LogP contribution in [0.25, 0.3) is 0 Å². The molecule has 2 aromatic rings. The third-order valence-electron chi connectivity index (χ3n) is 3.13. The first-order valence-corrected chi connectivity index (χ1v) is 8.97. The monoisotopic (exact) mass is 429 g/mol. The van der Waals surface area contributed by atoms with Crippen molar-refractivity contribution in [1.82, 2.24) is 0 Å². The van der Waals surface area contributed by atoms with Gasteiger partial charge in [-0.15, -0.1) is 0 Å². The van der Waals surface area contributed by atoms with E-state index < -0.39 is 0 Å². The summed E-state index contributed by atoms with van der Waals surface area (Å²) in [6, 6.07) is 9.29. The van der Waals surface area contributed by atoms with Crippen LogP contribution in [0.5, 0.6) is 11.5 Å². The molecule has 1 N–H and O–H groups in total. The average Bonchev–Trinajstić information content (AvgIpc) is 2.53. The Balaban J connectivity index is 2.19. The first-order chi connectivity index (χ1) is 11.5. The van der Waals surface area contributed by atoms with E-state index in [0.29, 0.717) is 41.3 Å². The van der Waals surface area contributed by atoms with Gasteiger partial charge in [0, 0.05) is 11.6 Å². The van der Waals surface area contributed by atoms with Crippen molar-refractivity contribution in [1.29, 1.82) is 0 Å². The highest BCUT2D eigenvalue weighted by atomic mass is 79.9. The Kier molecular flexibility index (Phi) is 7.28. The zero-order valence-corrected chi connectivity index (χ0v) is 16.3. The minimum Gasteiger partial charge on any atom is -0.490 e. The summed E-state index contributed by atoms with van der Waals surface area (Å²) in [5.74, 6) is 1.36. The van der Waals surface area contributed by atoms with Gasteiger partial charge in [-0.1, -0.05) is 35.9 Å². The maximum atomic E-state index is 6.18. The van der Waals surface area contributed by atoms with Crippen molar-refractivity contribution in [3.05, 3.63) is 63.1 Å². The van der Waals surface area contributed by atoms with Crippen LogP contribution in [0.3, 0.4) is 0 Å². The first kappa shape index (κ1) is 19.0. The largest absolute Gasteiger partial charge is 0.490 e. The van der Waals surface area contributed by atoms with E-state index in [1.807, 2.05) is 25.1 Å². The van der Waals surface area contributed by atoms with Crippen LogP contribution < -0.4 is 14.8 Å². The molecule has 6 heteroatoms. The second kappa shape index (κ2) is 9.21. The topological polar surface area (TPSA) is 30.5 Å². The summed E-state index contributed by atoms with van der Waals surface area (Å²) in [6.07, 6.45) is 1.69. The molecule has 0 bridgehead atoms. The van der Waals surface area contributed by atoms with Gasteiger partial charge in [0.25, 0.3) is 0 Å². The number of ether oxygens (including phenoxy) is 2. The summed E-state index contributed by atoms with van der Waals surface area (Å²) >= 11 is 15.6. The zero-order chi connectivity index (χ0) is 17.5. The number of halogens is 3. The lowest BCUT2D eigenvalue weighted by atomic mass is 10.2. The van der Waals surface area contributed by atoms with E-state index in [2.05, 4.69) is 27.8 Å². The summed E-state index contributed by atoms with van der Waals surface area (Å²) in [5, 5.41) is 4.48. The van der Waals surface area contributed by atoms with Crippen LogP contribution in [-0.4, -0.2) is 13.2 Å². The van der Waals surface area contributed by atoms with Crippen molar-refractivity contribution in [3.63, 3.8) is 0 Å². The van der Waals surface area contributed by atoms with Crippen molar-refractivity contribution in [2.24, 2.45) is 0 Å². The number of anilines is 1. The molecule has 3 nitrogen and oxygen atoms in total. The molecule has 0 atom stereocenters. The molecule has 0 saturated heterocycles. The first-order valence-electron chi connectivity index (χ1n) is 7.43. The fourth-order valence-corrected chi connectivity index (χ4v) is 3.18. The Morgan fingerprint density at radius 1 is 1.21 bits per heavy atom. The quantitative estimate of drug-likeness (QED) is 0.496. The lowest BCUT2D eigenvalue weighted by molar-refractivity contribution is 0.295. The van der Waals surface area contributed by atoms with E-state index in [9.17, 15) is 0 Å². The van der Waals surface area contributed by atoms with Crippen LogP contribution in [0.4, 0.5) is 5.69 Å². The van der Waals surface area contributed by atoms with Crippen LogP contribution in [0, 0.1) is 0 Å². The molecule has 0 radical (unpaired) electrons. The van der Waals surface area contributed by atoms with Gasteiger partial charge >= 0.3 is 0 Å². The van der Waals surface area contributed by atoms with E-state index in [1.54, 1.807) is 18.2 Å². The fourth-order valence-electron chi connectivity index (χ4n) is 2.10. The second-order valence-corrected chi connectivity index (χ2v) is 6.61. The van der Waals surface area contributed by atoms with Crippen LogP contribution in [0.2, 0.25) is 10.0 Å². The van der Waals surface area contributed by atoms with Gasteiger partial charge in [0.15, 0.2) is 11.5 Å². The van der Waals surface area contributed by atoms with Crippen LogP contribution in [0.15, 0.2) is 47.5 Å². The molecular formula is C18H18BrCl2NO2. The molecule has 128 valence electrons. The minimum absolute atomic E-state index is 0.413. The molecule has 2 rings (SSSR count). The van der Waals surface area contributed by atoms with Crippen molar-refractivity contribution < 1.29 is 9.47 Å². The molecule has 0 aromatic heterocycles. The third-order valence-corrected chi connectivity index (χ3v) is 4.27. The molecule has 24 heavy (non-hydrogen) atoms. The van der Waals surface area contributed by atoms with E-state index in [1.165, 1.54) is 0 Å². The molecule has 0 unspecified atom stereocenters. The Hall–Kier alpha value is -1.36. The zero-order valence-electron chi connectivity index (χ0n) is 13.2. The fraction of sp³-hybridized carbons (Fsp3) is 0.222. The highest BCUT2D eigenvalue weighted by Gasteiger charge is 2.12. The van der Waals surface area contributed by atoms with Crippen molar-refractivity contribution in [2.75, 3.05) is 18.5 Å².